The number of H-pyrrole nitrogens is 1. The maximum absolute atomic E-state index is 12.1. The number of aryl methyl sites for hydroxylation is 2. The molecule has 22 heavy (non-hydrogen) atoms. The summed E-state index contributed by atoms with van der Waals surface area (Å²) < 4.78 is 1.59. The Hall–Kier alpha value is -2.15. The second kappa shape index (κ2) is 5.24. The van der Waals surface area contributed by atoms with Crippen LogP contribution in [0.4, 0.5) is 0 Å². The van der Waals surface area contributed by atoms with E-state index in [1.165, 1.54) is 6.07 Å². The van der Waals surface area contributed by atoms with Gasteiger partial charge in [-0.15, -0.1) is 0 Å². The number of hydrogen-bond donors (Lipinski definition) is 3. The number of fused-ring (bicyclic) bond motifs is 1. The highest BCUT2D eigenvalue weighted by Crippen LogP contribution is 2.30. The molecule has 0 saturated heterocycles. The van der Waals surface area contributed by atoms with Crippen LogP contribution in [0.1, 0.15) is 36.2 Å². The van der Waals surface area contributed by atoms with E-state index in [4.69, 9.17) is 0 Å². The summed E-state index contributed by atoms with van der Waals surface area (Å²) >= 11 is 0. The summed E-state index contributed by atoms with van der Waals surface area (Å²) in [6.07, 6.45) is 2.66. The van der Waals surface area contributed by atoms with Crippen molar-refractivity contribution < 1.29 is 9.90 Å². The highest BCUT2D eigenvalue weighted by molar-refractivity contribution is 5.79. The maximum Gasteiger partial charge on any atom is 0.266 e. The molecule has 0 atom stereocenters. The van der Waals surface area contributed by atoms with Crippen LogP contribution in [0, 0.1) is 13.8 Å². The Morgan fingerprint density at radius 3 is 2.86 bits per heavy atom. The Bertz CT molecular complexity index is 786. The van der Waals surface area contributed by atoms with Gasteiger partial charge in [-0.3, -0.25) is 14.7 Å². The van der Waals surface area contributed by atoms with Crippen molar-refractivity contribution in [3.63, 3.8) is 0 Å². The molecule has 0 bridgehead atoms. The number of hydrogen-bond acceptors (Lipinski definition) is 4. The fraction of sp³-hybridized carbons (Fsp3) is 0.533. The first-order chi connectivity index (χ1) is 10.4. The number of aromatic nitrogens is 3. The van der Waals surface area contributed by atoms with E-state index in [1.807, 2.05) is 13.8 Å². The Morgan fingerprint density at radius 1 is 1.50 bits per heavy atom. The van der Waals surface area contributed by atoms with E-state index in [9.17, 15) is 14.7 Å². The summed E-state index contributed by atoms with van der Waals surface area (Å²) in [5, 5.41) is 15.5. The summed E-state index contributed by atoms with van der Waals surface area (Å²) in [4.78, 5) is 27.9. The van der Waals surface area contributed by atoms with E-state index in [1.54, 1.807) is 4.52 Å². The van der Waals surface area contributed by atoms with Gasteiger partial charge < -0.3 is 10.4 Å². The molecule has 7 heteroatoms. The zero-order chi connectivity index (χ0) is 15.9. The van der Waals surface area contributed by atoms with E-state index in [-0.39, 0.29) is 17.9 Å². The number of carbonyl (C=O) groups excluding carboxylic acids is 1. The predicted octanol–water partition coefficient (Wildman–Crippen LogP) is 0.213. The molecule has 2 aromatic heterocycles. The van der Waals surface area contributed by atoms with Crippen LogP contribution in [0.2, 0.25) is 0 Å². The van der Waals surface area contributed by atoms with Crippen molar-refractivity contribution in [2.45, 2.75) is 45.1 Å². The molecular formula is C15H20N4O3. The molecule has 0 spiro atoms. The first-order valence-corrected chi connectivity index (χ1v) is 7.45. The minimum Gasteiger partial charge on any atom is -0.388 e. The minimum absolute atomic E-state index is 0.151. The molecule has 3 rings (SSSR count). The minimum atomic E-state index is -0.729. The van der Waals surface area contributed by atoms with Crippen LogP contribution in [0.25, 0.3) is 5.65 Å². The van der Waals surface area contributed by atoms with Gasteiger partial charge in [-0.25, -0.2) is 9.50 Å². The van der Waals surface area contributed by atoms with Crippen molar-refractivity contribution in [1.82, 2.24) is 19.9 Å². The van der Waals surface area contributed by atoms with Crippen molar-refractivity contribution in [2.24, 2.45) is 0 Å². The van der Waals surface area contributed by atoms with Gasteiger partial charge in [-0.2, -0.15) is 0 Å². The third-order valence-corrected chi connectivity index (χ3v) is 4.44. The van der Waals surface area contributed by atoms with E-state index >= 15 is 0 Å². The predicted molar refractivity (Wildman–Crippen MR) is 80.8 cm³/mol. The molecule has 118 valence electrons. The fourth-order valence-electron chi connectivity index (χ4n) is 2.86. The quantitative estimate of drug-likeness (QED) is 0.752. The molecule has 1 amide bonds. The standard InChI is InChI=1S/C15H20N4O3/c1-9-11(6-13(20)16-8-15(22)4-3-5-15)10(2)19-12(17-9)7-14(21)18-19/h7,22H,3-6,8H2,1-2H3,(H,16,20)(H,18,21). The summed E-state index contributed by atoms with van der Waals surface area (Å²) in [7, 11) is 0. The summed E-state index contributed by atoms with van der Waals surface area (Å²) in [5.41, 5.74) is 1.92. The lowest BCUT2D eigenvalue weighted by Gasteiger charge is -2.36. The molecule has 7 nitrogen and oxygen atoms in total. The van der Waals surface area contributed by atoms with E-state index in [0.29, 0.717) is 12.2 Å². The number of carbonyl (C=O) groups is 1. The van der Waals surface area contributed by atoms with Crippen molar-refractivity contribution in [3.05, 3.63) is 33.4 Å². The average Bonchev–Trinajstić information content (AvgIpc) is 2.79. The lowest BCUT2D eigenvalue weighted by atomic mass is 9.80. The van der Waals surface area contributed by atoms with Gasteiger partial charge in [0.15, 0.2) is 5.65 Å². The second-order valence-corrected chi connectivity index (χ2v) is 6.11. The third-order valence-electron chi connectivity index (χ3n) is 4.44. The van der Waals surface area contributed by atoms with Gasteiger partial charge in [-0.05, 0) is 33.1 Å². The largest absolute Gasteiger partial charge is 0.388 e. The summed E-state index contributed by atoms with van der Waals surface area (Å²) in [6, 6.07) is 1.43. The van der Waals surface area contributed by atoms with Gasteiger partial charge in [-0.1, -0.05) is 0 Å². The molecule has 0 aromatic carbocycles. The van der Waals surface area contributed by atoms with Crippen LogP contribution in [0.15, 0.2) is 10.9 Å². The number of aliphatic hydroxyl groups is 1. The zero-order valence-electron chi connectivity index (χ0n) is 12.8. The van der Waals surface area contributed by atoms with Crippen LogP contribution >= 0.6 is 0 Å². The van der Waals surface area contributed by atoms with Crippen molar-refractivity contribution in [2.75, 3.05) is 6.54 Å². The van der Waals surface area contributed by atoms with Crippen LogP contribution in [0.5, 0.6) is 0 Å². The van der Waals surface area contributed by atoms with Gasteiger partial charge in [0, 0.05) is 29.6 Å². The lowest BCUT2D eigenvalue weighted by molar-refractivity contribution is -0.122. The van der Waals surface area contributed by atoms with E-state index in [0.717, 1.165) is 36.2 Å². The number of amides is 1. The molecule has 2 heterocycles. The zero-order valence-corrected chi connectivity index (χ0v) is 12.8. The molecule has 1 aliphatic carbocycles. The molecule has 0 aliphatic heterocycles. The lowest BCUT2D eigenvalue weighted by Crippen LogP contribution is -2.48. The summed E-state index contributed by atoms with van der Waals surface area (Å²) in [5.74, 6) is -0.151. The molecule has 1 saturated carbocycles. The molecule has 1 aliphatic rings. The van der Waals surface area contributed by atoms with Crippen LogP contribution in [-0.4, -0.2) is 37.8 Å². The van der Waals surface area contributed by atoms with Crippen molar-refractivity contribution >= 4 is 11.6 Å². The Labute approximate surface area is 127 Å². The van der Waals surface area contributed by atoms with Crippen LogP contribution in [0.3, 0.4) is 0 Å². The monoisotopic (exact) mass is 304 g/mol. The number of nitrogens with zero attached hydrogens (tertiary/aromatic N) is 2. The normalized spacial score (nSPS) is 16.5. The Balaban J connectivity index is 1.77. The maximum atomic E-state index is 12.1. The third kappa shape index (κ3) is 2.64. The molecule has 0 unspecified atom stereocenters. The molecule has 2 aromatic rings. The topological polar surface area (TPSA) is 99.5 Å². The number of nitrogens with one attached hydrogen (secondary N) is 2. The molecule has 0 radical (unpaired) electrons. The van der Waals surface area contributed by atoms with Crippen molar-refractivity contribution in [1.29, 1.82) is 0 Å². The van der Waals surface area contributed by atoms with Crippen LogP contribution < -0.4 is 10.9 Å². The van der Waals surface area contributed by atoms with Gasteiger partial charge in [0.25, 0.3) is 5.56 Å². The highest BCUT2D eigenvalue weighted by Gasteiger charge is 2.34. The van der Waals surface area contributed by atoms with Gasteiger partial charge >= 0.3 is 0 Å². The first-order valence-electron chi connectivity index (χ1n) is 7.45. The number of rotatable bonds is 4. The molecule has 1 fully saturated rings. The van der Waals surface area contributed by atoms with Gasteiger partial charge in [0.05, 0.1) is 12.0 Å². The van der Waals surface area contributed by atoms with Crippen LogP contribution in [-0.2, 0) is 11.2 Å². The average molecular weight is 304 g/mol. The van der Waals surface area contributed by atoms with E-state index in [2.05, 4.69) is 15.4 Å². The molecular weight excluding hydrogens is 284 g/mol. The summed E-state index contributed by atoms with van der Waals surface area (Å²) in [6.45, 7) is 3.96. The smallest absolute Gasteiger partial charge is 0.266 e. The SMILES string of the molecule is Cc1nc2cc(=O)[nH]n2c(C)c1CC(=O)NCC1(O)CCC1. The van der Waals surface area contributed by atoms with Gasteiger partial charge in [0.2, 0.25) is 5.91 Å². The second-order valence-electron chi connectivity index (χ2n) is 6.11. The Kier molecular flexibility index (Phi) is 3.52. The fourth-order valence-corrected chi connectivity index (χ4v) is 2.86. The van der Waals surface area contributed by atoms with Gasteiger partial charge in [0.1, 0.15) is 0 Å². The molecule has 3 N–H and O–H groups in total. The Morgan fingerprint density at radius 2 is 2.23 bits per heavy atom. The van der Waals surface area contributed by atoms with E-state index < -0.39 is 5.60 Å². The first kappa shape index (κ1) is 14.8. The van der Waals surface area contributed by atoms with Crippen molar-refractivity contribution in [3.8, 4) is 0 Å². The highest BCUT2D eigenvalue weighted by atomic mass is 16.3. The number of aromatic amines is 1.